The van der Waals surface area contributed by atoms with Gasteiger partial charge in [-0.1, -0.05) is 6.07 Å². The molecule has 4 rings (SSSR count). The van der Waals surface area contributed by atoms with Crippen molar-refractivity contribution >= 4 is 21.7 Å². The SMILES string of the molecule is COc1cc2c(cc1C(=O)Nc1cccc(-c3nnnn3C(C)C)n1)CN(S(=O)(=O)CCC(F)(F)F)C2. The summed E-state index contributed by atoms with van der Waals surface area (Å²) in [4.78, 5) is 17.5. The number of halogens is 3. The van der Waals surface area contributed by atoms with Crippen LogP contribution in [0.5, 0.6) is 5.75 Å². The van der Waals surface area contributed by atoms with Gasteiger partial charge in [-0.3, -0.25) is 4.79 Å². The maximum atomic E-state index is 13.1. The monoisotopic (exact) mass is 539 g/mol. The van der Waals surface area contributed by atoms with Crippen LogP contribution >= 0.6 is 0 Å². The average Bonchev–Trinajstić information content (AvgIpc) is 3.49. The van der Waals surface area contributed by atoms with Crippen LogP contribution in [0.4, 0.5) is 19.0 Å². The van der Waals surface area contributed by atoms with Crippen molar-refractivity contribution in [3.8, 4) is 17.3 Å². The molecule has 0 fully saturated rings. The first kappa shape index (κ1) is 26.5. The number of fused-ring (bicyclic) bond motifs is 1. The van der Waals surface area contributed by atoms with E-state index in [1.807, 2.05) is 13.8 Å². The van der Waals surface area contributed by atoms with E-state index in [2.05, 4.69) is 25.8 Å². The second-order valence-corrected chi connectivity index (χ2v) is 10.8. The molecule has 15 heteroatoms. The Hall–Kier alpha value is -3.59. The molecule has 1 aromatic carbocycles. The van der Waals surface area contributed by atoms with Crippen molar-refractivity contribution in [1.82, 2.24) is 29.5 Å². The normalized spacial score (nSPS) is 14.1. The van der Waals surface area contributed by atoms with E-state index in [4.69, 9.17) is 4.74 Å². The van der Waals surface area contributed by atoms with Gasteiger partial charge in [0.05, 0.1) is 30.9 Å². The lowest BCUT2D eigenvalue weighted by molar-refractivity contribution is -0.130. The van der Waals surface area contributed by atoms with Gasteiger partial charge in [0.15, 0.2) is 0 Å². The zero-order chi connectivity index (χ0) is 27.0. The van der Waals surface area contributed by atoms with Gasteiger partial charge in [-0.2, -0.15) is 17.5 Å². The Morgan fingerprint density at radius 2 is 1.89 bits per heavy atom. The number of benzene rings is 1. The second kappa shape index (κ2) is 10.0. The minimum atomic E-state index is -4.58. The van der Waals surface area contributed by atoms with Crippen LogP contribution < -0.4 is 10.1 Å². The summed E-state index contributed by atoms with van der Waals surface area (Å²) in [5.41, 5.74) is 1.61. The van der Waals surface area contributed by atoms with E-state index in [1.54, 1.807) is 22.9 Å². The highest BCUT2D eigenvalue weighted by Crippen LogP contribution is 2.33. The topological polar surface area (TPSA) is 132 Å². The summed E-state index contributed by atoms with van der Waals surface area (Å²) in [6, 6.07) is 7.94. The number of carbonyl (C=O) groups excluding carboxylic acids is 1. The molecule has 0 unspecified atom stereocenters. The molecular formula is C22H24F3N7O4S. The summed E-state index contributed by atoms with van der Waals surface area (Å²) in [7, 11) is -2.80. The van der Waals surface area contributed by atoms with E-state index in [0.29, 0.717) is 22.6 Å². The number of hydrogen-bond donors (Lipinski definition) is 1. The van der Waals surface area contributed by atoms with Crippen molar-refractivity contribution in [1.29, 1.82) is 0 Å². The molecule has 3 heterocycles. The summed E-state index contributed by atoms with van der Waals surface area (Å²) in [5.74, 6) is -0.776. The third-order valence-corrected chi connectivity index (χ3v) is 7.46. The van der Waals surface area contributed by atoms with E-state index < -0.39 is 34.3 Å². The lowest BCUT2D eigenvalue weighted by atomic mass is 10.0. The molecule has 0 atom stereocenters. The Balaban J connectivity index is 1.55. The number of ether oxygens (including phenoxy) is 1. The van der Waals surface area contributed by atoms with Gasteiger partial charge in [0, 0.05) is 13.1 Å². The van der Waals surface area contributed by atoms with Gasteiger partial charge < -0.3 is 10.1 Å². The number of aromatic nitrogens is 5. The Morgan fingerprint density at radius 3 is 2.54 bits per heavy atom. The number of rotatable bonds is 8. The number of hydrogen-bond acceptors (Lipinski definition) is 8. The zero-order valence-electron chi connectivity index (χ0n) is 20.2. The van der Waals surface area contributed by atoms with Gasteiger partial charge in [-0.15, -0.1) is 5.10 Å². The zero-order valence-corrected chi connectivity index (χ0v) is 21.0. The van der Waals surface area contributed by atoms with Crippen LogP contribution in [-0.2, 0) is 23.1 Å². The van der Waals surface area contributed by atoms with Crippen LogP contribution in [-0.4, -0.2) is 62.9 Å². The van der Waals surface area contributed by atoms with E-state index in [-0.39, 0.29) is 36.3 Å². The summed E-state index contributed by atoms with van der Waals surface area (Å²) in [6.45, 7) is 3.57. The quantitative estimate of drug-likeness (QED) is 0.462. The molecule has 1 aliphatic rings. The number of carbonyl (C=O) groups is 1. The number of amides is 1. The van der Waals surface area contributed by atoms with Crippen molar-refractivity contribution in [2.24, 2.45) is 0 Å². The average molecular weight is 540 g/mol. The molecule has 37 heavy (non-hydrogen) atoms. The lowest BCUT2D eigenvalue weighted by Gasteiger charge is -2.16. The number of nitrogens with zero attached hydrogens (tertiary/aromatic N) is 6. The highest BCUT2D eigenvalue weighted by molar-refractivity contribution is 7.89. The van der Waals surface area contributed by atoms with Gasteiger partial charge in [-0.25, -0.2) is 18.1 Å². The molecule has 0 saturated carbocycles. The fraction of sp³-hybridized carbons (Fsp3) is 0.409. The molecule has 198 valence electrons. The number of pyridine rings is 1. The van der Waals surface area contributed by atoms with Gasteiger partial charge in [0.1, 0.15) is 17.3 Å². The Labute approximate surface area is 210 Å². The molecule has 2 aromatic heterocycles. The number of alkyl halides is 3. The van der Waals surface area contributed by atoms with Gasteiger partial charge in [0.2, 0.25) is 15.8 Å². The fourth-order valence-electron chi connectivity index (χ4n) is 3.84. The third kappa shape index (κ3) is 5.88. The summed E-state index contributed by atoms with van der Waals surface area (Å²) in [5, 5.41) is 14.3. The Morgan fingerprint density at radius 1 is 1.19 bits per heavy atom. The lowest BCUT2D eigenvalue weighted by Crippen LogP contribution is -2.30. The predicted molar refractivity (Wildman–Crippen MR) is 126 cm³/mol. The maximum absolute atomic E-state index is 13.1. The highest BCUT2D eigenvalue weighted by atomic mass is 32.2. The number of methoxy groups -OCH3 is 1. The minimum absolute atomic E-state index is 0.0161. The number of nitrogens with one attached hydrogen (secondary N) is 1. The van der Waals surface area contributed by atoms with E-state index in [0.717, 1.165) is 4.31 Å². The van der Waals surface area contributed by atoms with Crippen LogP contribution in [0.3, 0.4) is 0 Å². The van der Waals surface area contributed by atoms with Gasteiger partial charge >= 0.3 is 6.18 Å². The van der Waals surface area contributed by atoms with Gasteiger partial charge in [-0.05, 0) is 59.7 Å². The van der Waals surface area contributed by atoms with Crippen LogP contribution in [0.25, 0.3) is 11.5 Å². The smallest absolute Gasteiger partial charge is 0.390 e. The van der Waals surface area contributed by atoms with Crippen LogP contribution in [0, 0.1) is 0 Å². The molecular weight excluding hydrogens is 515 g/mol. The van der Waals surface area contributed by atoms with Crippen LogP contribution in [0.2, 0.25) is 0 Å². The van der Waals surface area contributed by atoms with Crippen LogP contribution in [0.1, 0.15) is 47.8 Å². The molecule has 3 aromatic rings. The number of anilines is 1. The van der Waals surface area contributed by atoms with Crippen molar-refractivity contribution in [3.05, 3.63) is 47.0 Å². The van der Waals surface area contributed by atoms with Crippen LogP contribution in [0.15, 0.2) is 30.3 Å². The largest absolute Gasteiger partial charge is 0.496 e. The summed E-state index contributed by atoms with van der Waals surface area (Å²) < 4.78 is 70.5. The maximum Gasteiger partial charge on any atom is 0.390 e. The van der Waals surface area contributed by atoms with Gasteiger partial charge in [0.25, 0.3) is 5.91 Å². The molecule has 1 aliphatic heterocycles. The summed E-state index contributed by atoms with van der Waals surface area (Å²) >= 11 is 0. The molecule has 1 N–H and O–H groups in total. The number of sulfonamides is 1. The number of tetrazole rings is 1. The Bertz CT molecular complexity index is 1420. The van der Waals surface area contributed by atoms with E-state index >= 15 is 0 Å². The molecule has 1 amide bonds. The van der Waals surface area contributed by atoms with E-state index in [1.165, 1.54) is 19.2 Å². The first-order chi connectivity index (χ1) is 17.4. The summed E-state index contributed by atoms with van der Waals surface area (Å²) in [6.07, 6.45) is -6.02. The standard InChI is InChI=1S/C22H24F3N7O4S/c1-13(2)32-20(28-29-30-32)17-5-4-6-19(26-17)27-21(33)16-9-14-11-31(12-15(14)10-18(16)36-3)37(34,35)8-7-22(23,24)25/h4-6,9-10,13H,7-8,11-12H2,1-3H3,(H,26,27,33). The Kier molecular flexibility index (Phi) is 7.19. The minimum Gasteiger partial charge on any atom is -0.496 e. The third-order valence-electron chi connectivity index (χ3n) is 5.70. The fourth-order valence-corrected chi connectivity index (χ4v) is 5.26. The van der Waals surface area contributed by atoms with Crippen molar-refractivity contribution in [3.63, 3.8) is 0 Å². The molecule has 0 aliphatic carbocycles. The van der Waals surface area contributed by atoms with Crippen molar-refractivity contribution in [2.75, 3.05) is 18.2 Å². The molecule has 0 spiro atoms. The second-order valence-electron chi connectivity index (χ2n) is 8.67. The van der Waals surface area contributed by atoms with Crippen molar-refractivity contribution in [2.45, 2.75) is 45.6 Å². The predicted octanol–water partition coefficient (Wildman–Crippen LogP) is 3.17. The first-order valence-electron chi connectivity index (χ1n) is 11.2. The molecule has 0 radical (unpaired) electrons. The van der Waals surface area contributed by atoms with Crippen molar-refractivity contribution < 1.29 is 31.1 Å². The highest BCUT2D eigenvalue weighted by Gasteiger charge is 2.35. The van der Waals surface area contributed by atoms with E-state index in [9.17, 15) is 26.4 Å². The molecule has 0 saturated heterocycles. The molecule has 0 bridgehead atoms. The first-order valence-corrected chi connectivity index (χ1v) is 12.8. The molecule has 11 nitrogen and oxygen atoms in total.